The Balaban J connectivity index is 1.67. The first-order valence-corrected chi connectivity index (χ1v) is 7.89. The summed E-state index contributed by atoms with van der Waals surface area (Å²) in [5, 5.41) is 1.29. The maximum Gasteiger partial charge on any atom is 0.156 e. The quantitative estimate of drug-likeness (QED) is 0.833. The molecule has 0 fully saturated rings. The van der Waals surface area contributed by atoms with Crippen LogP contribution < -0.4 is 10.5 Å². The van der Waals surface area contributed by atoms with Crippen molar-refractivity contribution >= 4 is 40.7 Å². The number of nitrogens with two attached hydrogens (primary N) is 1. The first-order valence-electron chi connectivity index (χ1n) is 6.25. The topological polar surface area (TPSA) is 35.2 Å². The monoisotopic (exact) mass is 325 g/mol. The molecule has 0 aromatic heterocycles. The van der Waals surface area contributed by atoms with E-state index in [0.717, 1.165) is 6.42 Å². The average Bonchev–Trinajstić information content (AvgIpc) is 2.80. The predicted octanol–water partition coefficient (Wildman–Crippen LogP) is 4.67. The van der Waals surface area contributed by atoms with Gasteiger partial charge in [0, 0.05) is 15.8 Å². The van der Waals surface area contributed by atoms with Crippen molar-refractivity contribution in [1.82, 2.24) is 0 Å². The standard InChI is InChI=1S/C15H13Cl2NOS/c16-12-6-10(18)7-13(17)15(12)19-8-11-5-9-3-1-2-4-14(9)20-11/h1-4,6-7,11H,5,8,18H2. The number of halogens is 2. The summed E-state index contributed by atoms with van der Waals surface area (Å²) in [6, 6.07) is 11.7. The molecule has 2 aromatic carbocycles. The Morgan fingerprint density at radius 2 is 1.90 bits per heavy atom. The Kier molecular flexibility index (Phi) is 4.01. The second-order valence-corrected chi connectivity index (χ2v) is 6.83. The molecule has 20 heavy (non-hydrogen) atoms. The van der Waals surface area contributed by atoms with Crippen molar-refractivity contribution in [2.45, 2.75) is 16.6 Å². The van der Waals surface area contributed by atoms with Gasteiger partial charge in [0.05, 0.1) is 10.0 Å². The molecule has 0 bridgehead atoms. The highest BCUT2D eigenvalue weighted by atomic mass is 35.5. The van der Waals surface area contributed by atoms with Crippen molar-refractivity contribution in [1.29, 1.82) is 0 Å². The Morgan fingerprint density at radius 3 is 2.60 bits per heavy atom. The van der Waals surface area contributed by atoms with Gasteiger partial charge in [0.25, 0.3) is 0 Å². The maximum absolute atomic E-state index is 6.11. The van der Waals surface area contributed by atoms with E-state index >= 15 is 0 Å². The summed E-state index contributed by atoms with van der Waals surface area (Å²) in [5.74, 6) is 0.513. The number of fused-ring (bicyclic) bond motifs is 1. The highest BCUT2D eigenvalue weighted by Gasteiger charge is 2.23. The molecule has 1 atom stereocenters. The third-order valence-electron chi connectivity index (χ3n) is 3.15. The molecule has 0 amide bonds. The van der Waals surface area contributed by atoms with Crippen LogP contribution in [-0.4, -0.2) is 11.9 Å². The van der Waals surface area contributed by atoms with Gasteiger partial charge in [-0.2, -0.15) is 0 Å². The lowest BCUT2D eigenvalue weighted by Gasteiger charge is -2.14. The van der Waals surface area contributed by atoms with E-state index in [0.29, 0.717) is 33.3 Å². The molecule has 1 heterocycles. The molecular weight excluding hydrogens is 313 g/mol. The molecule has 0 radical (unpaired) electrons. The molecule has 2 aromatic rings. The molecule has 104 valence electrons. The van der Waals surface area contributed by atoms with E-state index in [1.807, 2.05) is 11.8 Å². The lowest BCUT2D eigenvalue weighted by Crippen LogP contribution is -2.13. The molecule has 2 N–H and O–H groups in total. The molecule has 2 nitrogen and oxygen atoms in total. The van der Waals surface area contributed by atoms with Crippen molar-refractivity contribution in [2.75, 3.05) is 12.3 Å². The van der Waals surface area contributed by atoms with Gasteiger partial charge >= 0.3 is 0 Å². The van der Waals surface area contributed by atoms with Gasteiger partial charge in [-0.1, -0.05) is 41.4 Å². The molecule has 1 unspecified atom stereocenters. The summed E-state index contributed by atoms with van der Waals surface area (Å²) in [4.78, 5) is 1.33. The average molecular weight is 326 g/mol. The van der Waals surface area contributed by atoms with E-state index in [2.05, 4.69) is 24.3 Å². The van der Waals surface area contributed by atoms with E-state index in [9.17, 15) is 0 Å². The van der Waals surface area contributed by atoms with Gasteiger partial charge in [0.15, 0.2) is 5.75 Å². The van der Waals surface area contributed by atoms with Crippen LogP contribution in [0.25, 0.3) is 0 Å². The van der Waals surface area contributed by atoms with E-state index in [1.165, 1.54) is 10.5 Å². The van der Waals surface area contributed by atoms with Gasteiger partial charge in [0.1, 0.15) is 6.61 Å². The van der Waals surface area contributed by atoms with Crippen LogP contribution in [0.2, 0.25) is 10.0 Å². The number of benzene rings is 2. The smallest absolute Gasteiger partial charge is 0.156 e. The van der Waals surface area contributed by atoms with Crippen molar-refractivity contribution in [3.63, 3.8) is 0 Å². The van der Waals surface area contributed by atoms with E-state index in [1.54, 1.807) is 12.1 Å². The number of nitrogen functional groups attached to an aromatic ring is 1. The predicted molar refractivity (Wildman–Crippen MR) is 86.2 cm³/mol. The zero-order valence-electron chi connectivity index (χ0n) is 10.6. The van der Waals surface area contributed by atoms with Crippen LogP contribution in [0.4, 0.5) is 5.69 Å². The van der Waals surface area contributed by atoms with E-state index in [4.69, 9.17) is 33.7 Å². The van der Waals surface area contributed by atoms with Crippen LogP contribution in [0.5, 0.6) is 5.75 Å². The second-order valence-electron chi connectivity index (χ2n) is 4.68. The number of ether oxygens (including phenoxy) is 1. The summed E-state index contributed by atoms with van der Waals surface area (Å²) in [5.41, 5.74) is 7.59. The number of anilines is 1. The third kappa shape index (κ3) is 2.85. The first-order chi connectivity index (χ1) is 9.63. The van der Waals surface area contributed by atoms with Gasteiger partial charge in [-0.25, -0.2) is 0 Å². The minimum Gasteiger partial charge on any atom is -0.489 e. The first kappa shape index (κ1) is 13.9. The van der Waals surface area contributed by atoms with Crippen molar-refractivity contribution in [2.24, 2.45) is 0 Å². The highest BCUT2D eigenvalue weighted by molar-refractivity contribution is 8.00. The summed E-state index contributed by atoms with van der Waals surface area (Å²) in [6.07, 6.45) is 1.01. The van der Waals surface area contributed by atoms with Crippen LogP contribution in [-0.2, 0) is 6.42 Å². The highest BCUT2D eigenvalue weighted by Crippen LogP contribution is 2.39. The molecule has 0 aliphatic carbocycles. The van der Waals surface area contributed by atoms with Crippen LogP contribution >= 0.6 is 35.0 Å². The molecule has 5 heteroatoms. The fourth-order valence-corrected chi connectivity index (χ4v) is 4.07. The third-order valence-corrected chi connectivity index (χ3v) is 5.00. The Morgan fingerprint density at radius 1 is 1.20 bits per heavy atom. The fourth-order valence-electron chi connectivity index (χ4n) is 2.24. The SMILES string of the molecule is Nc1cc(Cl)c(OCC2Cc3ccccc3S2)c(Cl)c1. The summed E-state index contributed by atoms with van der Waals surface area (Å²) in [7, 11) is 0. The number of hydrogen-bond donors (Lipinski definition) is 1. The molecule has 3 rings (SSSR count). The Labute approximate surface area is 132 Å². The van der Waals surface area contributed by atoms with E-state index < -0.39 is 0 Å². The van der Waals surface area contributed by atoms with Gasteiger partial charge < -0.3 is 10.5 Å². The zero-order chi connectivity index (χ0) is 14.1. The molecule has 0 saturated carbocycles. The molecule has 0 saturated heterocycles. The fraction of sp³-hybridized carbons (Fsp3) is 0.200. The van der Waals surface area contributed by atoms with Crippen LogP contribution in [0.3, 0.4) is 0 Å². The number of thioether (sulfide) groups is 1. The van der Waals surface area contributed by atoms with Crippen LogP contribution in [0.15, 0.2) is 41.3 Å². The molecular formula is C15H13Cl2NOS. The zero-order valence-corrected chi connectivity index (χ0v) is 12.9. The van der Waals surface area contributed by atoms with Crippen LogP contribution in [0.1, 0.15) is 5.56 Å². The minimum atomic E-state index is 0.386. The summed E-state index contributed by atoms with van der Waals surface area (Å²) < 4.78 is 5.80. The summed E-state index contributed by atoms with van der Waals surface area (Å²) >= 11 is 14.1. The Hall–Kier alpha value is -1.03. The molecule has 1 aliphatic heterocycles. The summed E-state index contributed by atoms with van der Waals surface area (Å²) in [6.45, 7) is 0.572. The lowest BCUT2D eigenvalue weighted by molar-refractivity contribution is 0.318. The lowest BCUT2D eigenvalue weighted by atomic mass is 10.1. The Bertz CT molecular complexity index is 600. The van der Waals surface area contributed by atoms with Crippen molar-refractivity contribution in [3.05, 3.63) is 52.0 Å². The second kappa shape index (κ2) is 5.76. The molecule has 0 spiro atoms. The maximum atomic E-state index is 6.11. The van der Waals surface area contributed by atoms with E-state index in [-0.39, 0.29) is 0 Å². The largest absolute Gasteiger partial charge is 0.489 e. The van der Waals surface area contributed by atoms with Gasteiger partial charge in [-0.05, 0) is 30.2 Å². The van der Waals surface area contributed by atoms with Crippen LogP contribution in [0, 0.1) is 0 Å². The van der Waals surface area contributed by atoms with Crippen molar-refractivity contribution < 1.29 is 4.74 Å². The van der Waals surface area contributed by atoms with Crippen molar-refractivity contribution in [3.8, 4) is 5.75 Å². The van der Waals surface area contributed by atoms with Gasteiger partial charge in [-0.3, -0.25) is 0 Å². The normalized spacial score (nSPS) is 17.0. The van der Waals surface area contributed by atoms with Gasteiger partial charge in [0.2, 0.25) is 0 Å². The van der Waals surface area contributed by atoms with Gasteiger partial charge in [-0.15, -0.1) is 11.8 Å². The molecule has 1 aliphatic rings. The number of rotatable bonds is 3. The minimum absolute atomic E-state index is 0.386. The number of hydrogen-bond acceptors (Lipinski definition) is 3.